The number of nitriles is 1. The molecule has 2 aliphatic rings. The Bertz CT molecular complexity index is 1580. The van der Waals surface area contributed by atoms with Gasteiger partial charge in [0.25, 0.3) is 5.91 Å². The van der Waals surface area contributed by atoms with Crippen molar-refractivity contribution in [3.63, 3.8) is 0 Å². The standard InChI is InChI=1S/C30H27FN4O3/c1-35(2)29(36)19-5-3-18(4-6-19)26-15-25-28(38-26)23(7-11-33-25)20-13-21(17-32)27(24(31)14-20)34-22-8-12-37-30(16-22)9-10-30/h3-7,11,13-15,22,34H,8-10,12,16H2,1-2H3. The number of anilines is 1. The summed E-state index contributed by atoms with van der Waals surface area (Å²) in [6.45, 7) is 0.643. The molecule has 1 aliphatic carbocycles. The molecule has 1 spiro atoms. The topological polar surface area (TPSA) is 91.4 Å². The normalized spacial score (nSPS) is 17.8. The molecule has 7 nitrogen and oxygen atoms in total. The van der Waals surface area contributed by atoms with Crippen LogP contribution in [0.2, 0.25) is 0 Å². The first-order chi connectivity index (χ1) is 18.4. The zero-order valence-corrected chi connectivity index (χ0v) is 21.3. The van der Waals surface area contributed by atoms with Gasteiger partial charge < -0.3 is 19.4 Å². The quantitative estimate of drug-likeness (QED) is 0.354. The van der Waals surface area contributed by atoms with Gasteiger partial charge in [-0.05, 0) is 61.6 Å². The number of furan rings is 1. The van der Waals surface area contributed by atoms with Crippen LogP contribution < -0.4 is 5.32 Å². The third-order valence-corrected chi connectivity index (χ3v) is 7.41. The van der Waals surface area contributed by atoms with Crippen LogP contribution >= 0.6 is 0 Å². The van der Waals surface area contributed by atoms with E-state index in [0.29, 0.717) is 40.2 Å². The Morgan fingerprint density at radius 2 is 1.95 bits per heavy atom. The highest BCUT2D eigenvalue weighted by atomic mass is 19.1. The highest BCUT2D eigenvalue weighted by Gasteiger charge is 2.47. The maximum Gasteiger partial charge on any atom is 0.253 e. The summed E-state index contributed by atoms with van der Waals surface area (Å²) in [7, 11) is 3.42. The van der Waals surface area contributed by atoms with Crippen molar-refractivity contribution in [3.05, 3.63) is 71.7 Å². The fourth-order valence-corrected chi connectivity index (χ4v) is 5.18. The van der Waals surface area contributed by atoms with Crippen molar-refractivity contribution in [3.8, 4) is 28.5 Å². The lowest BCUT2D eigenvalue weighted by atomic mass is 9.98. The maximum atomic E-state index is 15.5. The number of hydrogen-bond acceptors (Lipinski definition) is 6. The van der Waals surface area contributed by atoms with Crippen LogP contribution in [0.25, 0.3) is 33.6 Å². The molecule has 0 bridgehead atoms. The Kier molecular flexibility index (Phi) is 5.88. The minimum Gasteiger partial charge on any atom is -0.454 e. The first-order valence-corrected chi connectivity index (χ1v) is 12.7. The van der Waals surface area contributed by atoms with Crippen molar-refractivity contribution < 1.29 is 18.3 Å². The average Bonchev–Trinajstić information content (AvgIpc) is 3.51. The molecule has 1 atom stereocenters. The van der Waals surface area contributed by atoms with E-state index < -0.39 is 5.82 Å². The first kappa shape index (κ1) is 24.1. The largest absolute Gasteiger partial charge is 0.454 e. The lowest BCUT2D eigenvalue weighted by molar-refractivity contribution is -0.00884. The van der Waals surface area contributed by atoms with Gasteiger partial charge in [-0.2, -0.15) is 5.26 Å². The fourth-order valence-electron chi connectivity index (χ4n) is 5.18. The van der Waals surface area contributed by atoms with E-state index in [1.807, 2.05) is 18.2 Å². The number of rotatable bonds is 5. The Labute approximate surface area is 219 Å². The lowest BCUT2D eigenvalue weighted by Crippen LogP contribution is -2.35. The van der Waals surface area contributed by atoms with Gasteiger partial charge >= 0.3 is 0 Å². The molecule has 1 saturated carbocycles. The Hall–Kier alpha value is -4.22. The summed E-state index contributed by atoms with van der Waals surface area (Å²) in [4.78, 5) is 18.2. The van der Waals surface area contributed by atoms with E-state index in [-0.39, 0.29) is 28.8 Å². The van der Waals surface area contributed by atoms with Crippen molar-refractivity contribution in [1.82, 2.24) is 9.88 Å². The van der Waals surface area contributed by atoms with E-state index >= 15 is 4.39 Å². The number of amides is 1. The number of halogens is 1. The summed E-state index contributed by atoms with van der Waals surface area (Å²) in [6, 6.07) is 16.1. The molecular formula is C30H27FN4O3. The SMILES string of the molecule is CN(C)C(=O)c1ccc(-c2cc3nccc(-c4cc(F)c(NC5CCOC6(CC6)C5)c(C#N)c4)c3o2)cc1. The van der Waals surface area contributed by atoms with Gasteiger partial charge in [-0.1, -0.05) is 12.1 Å². The van der Waals surface area contributed by atoms with E-state index in [2.05, 4.69) is 16.4 Å². The molecular weight excluding hydrogens is 483 g/mol. The van der Waals surface area contributed by atoms with Crippen molar-refractivity contribution >= 4 is 22.7 Å². The summed E-state index contributed by atoms with van der Waals surface area (Å²) in [5.41, 5.74) is 4.09. The summed E-state index contributed by atoms with van der Waals surface area (Å²) in [6.07, 6.45) is 5.32. The predicted octanol–water partition coefficient (Wildman–Crippen LogP) is 6.00. The van der Waals surface area contributed by atoms with Gasteiger partial charge in [-0.3, -0.25) is 9.78 Å². The zero-order valence-electron chi connectivity index (χ0n) is 21.3. The van der Waals surface area contributed by atoms with Crippen LogP contribution in [0.1, 0.15) is 41.6 Å². The van der Waals surface area contributed by atoms with Gasteiger partial charge in [0.1, 0.15) is 23.2 Å². The smallest absolute Gasteiger partial charge is 0.253 e. The van der Waals surface area contributed by atoms with E-state index in [0.717, 1.165) is 31.2 Å². The van der Waals surface area contributed by atoms with Crippen LogP contribution in [0.3, 0.4) is 0 Å². The molecule has 1 saturated heterocycles. The van der Waals surface area contributed by atoms with Crippen molar-refractivity contribution in [2.75, 3.05) is 26.0 Å². The molecule has 1 aliphatic heterocycles. The van der Waals surface area contributed by atoms with E-state index in [1.165, 1.54) is 11.0 Å². The molecule has 2 aromatic heterocycles. The zero-order chi connectivity index (χ0) is 26.4. The highest BCUT2D eigenvalue weighted by Crippen LogP contribution is 2.47. The van der Waals surface area contributed by atoms with E-state index in [9.17, 15) is 10.1 Å². The molecule has 6 rings (SSSR count). The van der Waals surface area contributed by atoms with Crippen LogP contribution in [0.15, 0.2) is 59.1 Å². The van der Waals surface area contributed by atoms with Crippen LogP contribution in [0, 0.1) is 17.1 Å². The summed E-state index contributed by atoms with van der Waals surface area (Å²) < 4.78 is 27.5. The summed E-state index contributed by atoms with van der Waals surface area (Å²) in [5.74, 6) is 0.0205. The summed E-state index contributed by atoms with van der Waals surface area (Å²) >= 11 is 0. The van der Waals surface area contributed by atoms with Crippen molar-refractivity contribution in [1.29, 1.82) is 5.26 Å². The molecule has 1 unspecified atom stereocenters. The molecule has 1 amide bonds. The monoisotopic (exact) mass is 510 g/mol. The van der Waals surface area contributed by atoms with Crippen LogP contribution in [-0.2, 0) is 4.74 Å². The van der Waals surface area contributed by atoms with Gasteiger partial charge in [0.05, 0.1) is 16.9 Å². The van der Waals surface area contributed by atoms with Gasteiger partial charge in [0, 0.05) is 55.7 Å². The number of pyridine rings is 1. The second-order valence-corrected chi connectivity index (χ2v) is 10.3. The van der Waals surface area contributed by atoms with Crippen molar-refractivity contribution in [2.24, 2.45) is 0 Å². The Morgan fingerprint density at radius 1 is 1.16 bits per heavy atom. The number of nitrogens with zero attached hydrogens (tertiary/aromatic N) is 3. The first-order valence-electron chi connectivity index (χ1n) is 12.7. The lowest BCUT2D eigenvalue weighted by Gasteiger charge is -2.31. The number of fused-ring (bicyclic) bond motifs is 1. The fraction of sp³-hybridized carbons (Fsp3) is 0.300. The third kappa shape index (κ3) is 4.39. The average molecular weight is 511 g/mol. The molecule has 3 heterocycles. The van der Waals surface area contributed by atoms with Crippen LogP contribution in [0.5, 0.6) is 0 Å². The number of benzene rings is 2. The summed E-state index contributed by atoms with van der Waals surface area (Å²) in [5, 5.41) is 13.2. The molecule has 0 radical (unpaired) electrons. The Morgan fingerprint density at radius 3 is 2.66 bits per heavy atom. The maximum absolute atomic E-state index is 15.5. The van der Waals surface area contributed by atoms with Gasteiger partial charge in [0.2, 0.25) is 0 Å². The van der Waals surface area contributed by atoms with Gasteiger partial charge in [-0.25, -0.2) is 4.39 Å². The number of hydrogen-bond donors (Lipinski definition) is 1. The Balaban J connectivity index is 1.32. The highest BCUT2D eigenvalue weighted by molar-refractivity contribution is 5.95. The molecule has 192 valence electrons. The second-order valence-electron chi connectivity index (χ2n) is 10.3. The van der Waals surface area contributed by atoms with Gasteiger partial charge in [-0.15, -0.1) is 0 Å². The molecule has 8 heteroatoms. The van der Waals surface area contributed by atoms with Gasteiger partial charge in [0.15, 0.2) is 5.58 Å². The number of ether oxygens (including phenoxy) is 1. The van der Waals surface area contributed by atoms with E-state index in [1.54, 1.807) is 44.6 Å². The number of carbonyl (C=O) groups is 1. The minimum absolute atomic E-state index is 0.0546. The second kappa shape index (κ2) is 9.26. The molecule has 1 N–H and O–H groups in total. The molecule has 4 aromatic rings. The number of carbonyl (C=O) groups excluding carboxylic acids is 1. The number of nitrogens with one attached hydrogen (secondary N) is 1. The minimum atomic E-state index is -0.478. The van der Waals surface area contributed by atoms with E-state index in [4.69, 9.17) is 9.15 Å². The van der Waals surface area contributed by atoms with Crippen LogP contribution in [-0.4, -0.2) is 48.1 Å². The third-order valence-electron chi connectivity index (χ3n) is 7.41. The molecule has 2 fully saturated rings. The van der Waals surface area contributed by atoms with Crippen LogP contribution in [0.4, 0.5) is 10.1 Å². The van der Waals surface area contributed by atoms with Crippen molar-refractivity contribution in [2.45, 2.75) is 37.3 Å². The predicted molar refractivity (Wildman–Crippen MR) is 142 cm³/mol. The molecule has 38 heavy (non-hydrogen) atoms. The molecule has 2 aromatic carbocycles. The number of aromatic nitrogens is 1.